The first-order chi connectivity index (χ1) is 9.60. The first-order valence-electron chi connectivity index (χ1n) is 7.19. The fourth-order valence-electron chi connectivity index (χ4n) is 2.75. The van der Waals surface area contributed by atoms with Crippen molar-refractivity contribution in [1.82, 2.24) is 4.90 Å². The molecule has 0 bridgehead atoms. The highest BCUT2D eigenvalue weighted by Crippen LogP contribution is 2.20. The maximum absolute atomic E-state index is 13.5. The van der Waals surface area contributed by atoms with Crippen LogP contribution in [0.4, 0.5) is 15.8 Å². The number of halogens is 1. The number of benzene rings is 1. The summed E-state index contributed by atoms with van der Waals surface area (Å²) >= 11 is 0. The van der Waals surface area contributed by atoms with E-state index in [1.807, 2.05) is 0 Å². The van der Waals surface area contributed by atoms with E-state index in [4.69, 9.17) is 5.73 Å². The summed E-state index contributed by atoms with van der Waals surface area (Å²) in [5.74, 6) is -0.628. The average molecular weight is 279 g/mol. The molecule has 1 atom stereocenters. The molecule has 1 aromatic carbocycles. The summed E-state index contributed by atoms with van der Waals surface area (Å²) in [6, 6.07) is 4.77. The second-order valence-corrected chi connectivity index (χ2v) is 5.28. The number of hydrogen-bond acceptors (Lipinski definition) is 3. The van der Waals surface area contributed by atoms with Crippen molar-refractivity contribution in [3.63, 3.8) is 0 Å². The number of anilines is 2. The minimum Gasteiger partial charge on any atom is -0.399 e. The van der Waals surface area contributed by atoms with E-state index >= 15 is 0 Å². The van der Waals surface area contributed by atoms with Crippen LogP contribution < -0.4 is 11.1 Å². The van der Waals surface area contributed by atoms with Crippen molar-refractivity contribution in [3.05, 3.63) is 24.0 Å². The lowest BCUT2D eigenvalue weighted by Crippen LogP contribution is -2.32. The van der Waals surface area contributed by atoms with Crippen molar-refractivity contribution in [2.45, 2.75) is 38.6 Å². The molecule has 3 N–H and O–H groups in total. The van der Waals surface area contributed by atoms with E-state index in [0.29, 0.717) is 18.2 Å². The molecule has 1 fully saturated rings. The number of amides is 1. The lowest BCUT2D eigenvalue weighted by Gasteiger charge is -2.22. The van der Waals surface area contributed by atoms with Crippen LogP contribution in [-0.2, 0) is 4.79 Å². The molecule has 0 saturated carbocycles. The molecule has 2 rings (SSSR count). The second-order valence-electron chi connectivity index (χ2n) is 5.28. The van der Waals surface area contributed by atoms with Crippen molar-refractivity contribution in [1.29, 1.82) is 0 Å². The predicted octanol–water partition coefficient (Wildman–Crippen LogP) is 2.61. The van der Waals surface area contributed by atoms with Gasteiger partial charge in [-0.1, -0.05) is 6.92 Å². The van der Waals surface area contributed by atoms with Gasteiger partial charge in [0, 0.05) is 24.7 Å². The van der Waals surface area contributed by atoms with Crippen molar-refractivity contribution in [2.24, 2.45) is 0 Å². The standard InChI is InChI=1S/C15H22FN3O/c1-2-12-4-3-8-19(12)9-7-15(20)18-14-10-11(17)5-6-13(14)16/h5-6,10,12H,2-4,7-9,17H2,1H3,(H,18,20). The van der Waals surface area contributed by atoms with Gasteiger partial charge in [0.1, 0.15) is 5.82 Å². The van der Waals surface area contributed by atoms with Gasteiger partial charge in [0.05, 0.1) is 5.69 Å². The zero-order chi connectivity index (χ0) is 14.5. The van der Waals surface area contributed by atoms with Crippen molar-refractivity contribution < 1.29 is 9.18 Å². The molecule has 0 aromatic heterocycles. The molecular formula is C15H22FN3O. The Hall–Kier alpha value is -1.62. The maximum atomic E-state index is 13.5. The zero-order valence-corrected chi connectivity index (χ0v) is 11.9. The topological polar surface area (TPSA) is 58.4 Å². The number of hydrogen-bond donors (Lipinski definition) is 2. The van der Waals surface area contributed by atoms with Crippen LogP contribution in [0.25, 0.3) is 0 Å². The monoisotopic (exact) mass is 279 g/mol. The molecular weight excluding hydrogens is 257 g/mol. The third kappa shape index (κ3) is 3.70. The molecule has 1 aromatic rings. The van der Waals surface area contributed by atoms with Crippen LogP contribution in [0.1, 0.15) is 32.6 Å². The van der Waals surface area contributed by atoms with Crippen LogP contribution in [0, 0.1) is 5.82 Å². The maximum Gasteiger partial charge on any atom is 0.225 e. The number of nitrogen functional groups attached to an aromatic ring is 1. The van der Waals surface area contributed by atoms with E-state index in [1.54, 1.807) is 0 Å². The largest absolute Gasteiger partial charge is 0.399 e. The minimum atomic E-state index is -0.458. The van der Waals surface area contributed by atoms with Crippen LogP contribution >= 0.6 is 0 Å². The Morgan fingerprint density at radius 2 is 2.35 bits per heavy atom. The van der Waals surface area contributed by atoms with Crippen molar-refractivity contribution in [2.75, 3.05) is 24.1 Å². The van der Waals surface area contributed by atoms with E-state index in [9.17, 15) is 9.18 Å². The van der Waals surface area contributed by atoms with E-state index in [0.717, 1.165) is 19.5 Å². The van der Waals surface area contributed by atoms with E-state index in [-0.39, 0.29) is 11.6 Å². The summed E-state index contributed by atoms with van der Waals surface area (Å²) < 4.78 is 13.5. The van der Waals surface area contributed by atoms with Gasteiger partial charge >= 0.3 is 0 Å². The fourth-order valence-corrected chi connectivity index (χ4v) is 2.75. The van der Waals surface area contributed by atoms with E-state index in [1.165, 1.54) is 31.0 Å². The highest BCUT2D eigenvalue weighted by molar-refractivity contribution is 5.91. The summed E-state index contributed by atoms with van der Waals surface area (Å²) in [6.07, 6.45) is 3.90. The van der Waals surface area contributed by atoms with Gasteiger partial charge in [-0.2, -0.15) is 0 Å². The Morgan fingerprint density at radius 1 is 1.55 bits per heavy atom. The molecule has 5 heteroatoms. The minimum absolute atomic E-state index is 0.156. The lowest BCUT2D eigenvalue weighted by atomic mass is 10.1. The molecule has 1 heterocycles. The number of nitrogens with one attached hydrogen (secondary N) is 1. The normalized spacial score (nSPS) is 19.2. The molecule has 1 unspecified atom stereocenters. The Bertz CT molecular complexity index is 478. The zero-order valence-electron chi connectivity index (χ0n) is 11.9. The van der Waals surface area contributed by atoms with Gasteiger partial charge in [-0.3, -0.25) is 9.69 Å². The number of nitrogens with zero attached hydrogens (tertiary/aromatic N) is 1. The molecule has 0 radical (unpaired) electrons. The molecule has 1 amide bonds. The second kappa shape index (κ2) is 6.70. The van der Waals surface area contributed by atoms with Crippen molar-refractivity contribution in [3.8, 4) is 0 Å². The number of nitrogens with two attached hydrogens (primary N) is 1. The average Bonchev–Trinajstić information content (AvgIpc) is 2.88. The molecule has 110 valence electrons. The van der Waals surface area contributed by atoms with Gasteiger partial charge < -0.3 is 11.1 Å². The Labute approximate surface area is 119 Å². The number of rotatable bonds is 5. The SMILES string of the molecule is CCC1CCCN1CCC(=O)Nc1cc(N)ccc1F. The van der Waals surface area contributed by atoms with Gasteiger partial charge in [0.25, 0.3) is 0 Å². The van der Waals surface area contributed by atoms with Crippen LogP contribution in [0.15, 0.2) is 18.2 Å². The summed E-state index contributed by atoms with van der Waals surface area (Å²) in [4.78, 5) is 14.2. The molecule has 0 spiro atoms. The van der Waals surface area contributed by atoms with Gasteiger partial charge in [-0.05, 0) is 44.0 Å². The lowest BCUT2D eigenvalue weighted by molar-refractivity contribution is -0.116. The predicted molar refractivity (Wildman–Crippen MR) is 78.9 cm³/mol. The van der Waals surface area contributed by atoms with Crippen LogP contribution in [-0.4, -0.2) is 29.9 Å². The van der Waals surface area contributed by atoms with Crippen molar-refractivity contribution >= 4 is 17.3 Å². The Balaban J connectivity index is 1.85. The smallest absolute Gasteiger partial charge is 0.225 e. The molecule has 1 aliphatic rings. The quantitative estimate of drug-likeness (QED) is 0.815. The molecule has 1 aliphatic heterocycles. The number of carbonyl (C=O) groups excluding carboxylic acids is 1. The Kier molecular flexibility index (Phi) is 4.95. The van der Waals surface area contributed by atoms with Crippen LogP contribution in [0.3, 0.4) is 0 Å². The summed E-state index contributed by atoms with van der Waals surface area (Å²) in [6.45, 7) is 3.96. The summed E-state index contributed by atoms with van der Waals surface area (Å²) in [7, 11) is 0. The molecule has 20 heavy (non-hydrogen) atoms. The third-order valence-corrected chi connectivity index (χ3v) is 3.86. The Morgan fingerprint density at radius 3 is 3.10 bits per heavy atom. The number of carbonyl (C=O) groups is 1. The highest BCUT2D eigenvalue weighted by atomic mass is 19.1. The summed E-state index contributed by atoms with van der Waals surface area (Å²) in [5, 5.41) is 2.59. The van der Waals surface area contributed by atoms with E-state index in [2.05, 4.69) is 17.1 Å². The number of likely N-dealkylation sites (tertiary alicyclic amines) is 1. The van der Waals surface area contributed by atoms with Crippen LogP contribution in [0.2, 0.25) is 0 Å². The van der Waals surface area contributed by atoms with Gasteiger partial charge in [0.15, 0.2) is 0 Å². The van der Waals surface area contributed by atoms with Crippen LogP contribution in [0.5, 0.6) is 0 Å². The molecule has 1 saturated heterocycles. The highest BCUT2D eigenvalue weighted by Gasteiger charge is 2.22. The molecule has 0 aliphatic carbocycles. The van der Waals surface area contributed by atoms with E-state index < -0.39 is 5.82 Å². The summed E-state index contributed by atoms with van der Waals surface area (Å²) in [5.41, 5.74) is 6.18. The molecule has 4 nitrogen and oxygen atoms in total. The van der Waals surface area contributed by atoms with Gasteiger partial charge in [-0.15, -0.1) is 0 Å². The third-order valence-electron chi connectivity index (χ3n) is 3.86. The first-order valence-corrected chi connectivity index (χ1v) is 7.19. The van der Waals surface area contributed by atoms with Gasteiger partial charge in [-0.25, -0.2) is 4.39 Å². The fraction of sp³-hybridized carbons (Fsp3) is 0.533. The van der Waals surface area contributed by atoms with Gasteiger partial charge in [0.2, 0.25) is 5.91 Å². The first kappa shape index (κ1) is 14.8.